The summed E-state index contributed by atoms with van der Waals surface area (Å²) in [5.41, 5.74) is 2.69. The van der Waals surface area contributed by atoms with Crippen LogP contribution in [0, 0.1) is 0 Å². The lowest BCUT2D eigenvalue weighted by Gasteiger charge is -2.11. The Morgan fingerprint density at radius 1 is 0.533 bits per heavy atom. The van der Waals surface area contributed by atoms with Crippen LogP contribution in [0.4, 0.5) is 11.4 Å². The third-order valence-corrected chi connectivity index (χ3v) is 4.27. The first-order valence-corrected chi connectivity index (χ1v) is 9.29. The van der Waals surface area contributed by atoms with E-state index in [1.54, 1.807) is 60.9 Å². The maximum Gasteiger partial charge on any atom is 0.141 e. The Bertz CT molecular complexity index is 1110. The molecule has 0 atom stereocenters. The zero-order chi connectivity index (χ0) is 20.8. The van der Waals surface area contributed by atoms with Gasteiger partial charge in [0.05, 0.1) is 11.4 Å². The molecule has 0 saturated heterocycles. The smallest absolute Gasteiger partial charge is 0.141 e. The Labute approximate surface area is 173 Å². The number of aromatic nitrogens is 2. The summed E-state index contributed by atoms with van der Waals surface area (Å²) in [5, 5.41) is 20.5. The third-order valence-electron chi connectivity index (χ3n) is 4.27. The van der Waals surface area contributed by atoms with Gasteiger partial charge in [0.2, 0.25) is 0 Å². The van der Waals surface area contributed by atoms with E-state index in [9.17, 15) is 10.2 Å². The Hall–Kier alpha value is -4.32. The van der Waals surface area contributed by atoms with Gasteiger partial charge in [0.25, 0.3) is 0 Å². The van der Waals surface area contributed by atoms with Gasteiger partial charge in [0.1, 0.15) is 34.3 Å². The van der Waals surface area contributed by atoms with Crippen LogP contribution in [0.5, 0.6) is 11.5 Å². The van der Waals surface area contributed by atoms with Crippen molar-refractivity contribution in [2.45, 2.75) is 0 Å². The van der Waals surface area contributed by atoms with Crippen molar-refractivity contribution in [3.8, 4) is 11.5 Å². The van der Waals surface area contributed by atoms with Crippen LogP contribution < -0.4 is 0 Å². The zero-order valence-electron chi connectivity index (χ0n) is 15.9. The van der Waals surface area contributed by atoms with Crippen LogP contribution >= 0.6 is 0 Å². The zero-order valence-corrected chi connectivity index (χ0v) is 15.9. The van der Waals surface area contributed by atoms with Crippen molar-refractivity contribution >= 4 is 22.8 Å². The molecule has 0 radical (unpaired) electrons. The lowest BCUT2D eigenvalue weighted by Crippen LogP contribution is -2.19. The van der Waals surface area contributed by atoms with E-state index in [1.807, 2.05) is 36.4 Å². The van der Waals surface area contributed by atoms with Gasteiger partial charge in [0.15, 0.2) is 0 Å². The molecule has 2 aromatic carbocycles. The molecular formula is C24H18N4O2. The minimum Gasteiger partial charge on any atom is -0.506 e. The van der Waals surface area contributed by atoms with Crippen LogP contribution in [0.25, 0.3) is 0 Å². The average Bonchev–Trinajstić information content (AvgIpc) is 2.80. The van der Waals surface area contributed by atoms with Crippen molar-refractivity contribution in [3.63, 3.8) is 0 Å². The Morgan fingerprint density at radius 2 is 0.933 bits per heavy atom. The van der Waals surface area contributed by atoms with E-state index in [0.29, 0.717) is 34.2 Å². The molecule has 4 rings (SSSR count). The van der Waals surface area contributed by atoms with Crippen molar-refractivity contribution in [1.29, 1.82) is 0 Å². The lowest BCUT2D eigenvalue weighted by molar-refractivity contribution is 0.476. The topological polar surface area (TPSA) is 91.0 Å². The number of aromatic hydroxyl groups is 2. The second kappa shape index (κ2) is 8.79. The normalized spacial score (nSPS) is 12.0. The number of pyridine rings is 2. The number of rotatable bonds is 5. The molecule has 0 spiro atoms. The fourth-order valence-corrected chi connectivity index (χ4v) is 2.83. The maximum absolute atomic E-state index is 10.3. The summed E-state index contributed by atoms with van der Waals surface area (Å²) >= 11 is 0. The van der Waals surface area contributed by atoms with Crippen molar-refractivity contribution in [3.05, 3.63) is 109 Å². The number of phenols is 2. The van der Waals surface area contributed by atoms with Crippen LogP contribution in [0.1, 0.15) is 11.4 Å². The number of nitrogens with zero attached hydrogens (tertiary/aromatic N) is 4. The fraction of sp³-hybridized carbons (Fsp3) is 0. The molecule has 0 unspecified atom stereocenters. The molecular weight excluding hydrogens is 376 g/mol. The predicted octanol–water partition coefficient (Wildman–Crippen LogP) is 4.83. The van der Waals surface area contributed by atoms with E-state index in [4.69, 9.17) is 0 Å². The molecule has 6 heteroatoms. The Kier molecular flexibility index (Phi) is 5.57. The first-order chi connectivity index (χ1) is 14.7. The van der Waals surface area contributed by atoms with E-state index >= 15 is 0 Å². The van der Waals surface area contributed by atoms with Crippen LogP contribution in [0.2, 0.25) is 0 Å². The van der Waals surface area contributed by atoms with E-state index in [2.05, 4.69) is 20.0 Å². The molecule has 0 bridgehead atoms. The van der Waals surface area contributed by atoms with Crippen molar-refractivity contribution in [1.82, 2.24) is 9.97 Å². The Balaban J connectivity index is 1.99. The minimum atomic E-state index is 0.0360. The van der Waals surface area contributed by atoms with Crippen molar-refractivity contribution < 1.29 is 10.2 Å². The van der Waals surface area contributed by atoms with Crippen LogP contribution in [-0.2, 0) is 0 Å². The summed E-state index contributed by atoms with van der Waals surface area (Å²) in [5.74, 6) is 0.0720. The SMILES string of the molecule is Oc1ccccc1N=C(C(=Nc1ccccc1O)c1ccccn1)c1ccccn1. The number of para-hydroxylation sites is 4. The van der Waals surface area contributed by atoms with Gasteiger partial charge in [-0.2, -0.15) is 0 Å². The molecule has 2 aromatic heterocycles. The monoisotopic (exact) mass is 394 g/mol. The quantitative estimate of drug-likeness (QED) is 0.474. The molecule has 2 heterocycles. The number of aliphatic imine (C=N–C) groups is 2. The summed E-state index contributed by atoms with van der Waals surface area (Å²) in [6, 6.07) is 24.5. The fourth-order valence-electron chi connectivity index (χ4n) is 2.83. The highest BCUT2D eigenvalue weighted by Gasteiger charge is 2.18. The third kappa shape index (κ3) is 4.23. The van der Waals surface area contributed by atoms with E-state index < -0.39 is 0 Å². The van der Waals surface area contributed by atoms with Gasteiger partial charge in [0, 0.05) is 12.4 Å². The number of phenolic OH excluding ortho intramolecular Hbond substituents is 2. The van der Waals surface area contributed by atoms with Crippen LogP contribution in [-0.4, -0.2) is 31.6 Å². The molecule has 30 heavy (non-hydrogen) atoms. The summed E-state index contributed by atoms with van der Waals surface area (Å²) in [4.78, 5) is 18.2. The van der Waals surface area contributed by atoms with Gasteiger partial charge in [-0.25, -0.2) is 9.98 Å². The molecule has 2 N–H and O–H groups in total. The summed E-state index contributed by atoms with van der Waals surface area (Å²) in [7, 11) is 0. The van der Waals surface area contributed by atoms with Crippen molar-refractivity contribution in [2.75, 3.05) is 0 Å². The van der Waals surface area contributed by atoms with E-state index in [-0.39, 0.29) is 11.5 Å². The van der Waals surface area contributed by atoms with E-state index in [0.717, 1.165) is 0 Å². The predicted molar refractivity (Wildman–Crippen MR) is 117 cm³/mol. The summed E-state index contributed by atoms with van der Waals surface area (Å²) in [6.07, 6.45) is 3.32. The van der Waals surface area contributed by atoms with Crippen molar-refractivity contribution in [2.24, 2.45) is 9.98 Å². The van der Waals surface area contributed by atoms with Gasteiger partial charge in [-0.1, -0.05) is 36.4 Å². The first kappa shape index (κ1) is 19.0. The lowest BCUT2D eigenvalue weighted by atomic mass is 10.1. The molecule has 0 amide bonds. The van der Waals surface area contributed by atoms with Gasteiger partial charge in [-0.15, -0.1) is 0 Å². The van der Waals surface area contributed by atoms with E-state index in [1.165, 1.54) is 0 Å². The molecule has 0 aliphatic rings. The minimum absolute atomic E-state index is 0.0360. The second-order valence-corrected chi connectivity index (χ2v) is 6.33. The van der Waals surface area contributed by atoms with Crippen LogP contribution in [0.15, 0.2) is 107 Å². The molecule has 0 saturated carbocycles. The molecule has 0 fully saturated rings. The standard InChI is InChI=1S/C24H18N4O2/c29-21-13-3-1-9-17(21)27-23(19-11-5-7-15-25-19)24(20-12-6-8-16-26-20)28-18-10-2-4-14-22(18)30/h1-16,29-30H. The van der Waals surface area contributed by atoms with Gasteiger partial charge in [-0.05, 0) is 48.5 Å². The average molecular weight is 394 g/mol. The molecule has 146 valence electrons. The largest absolute Gasteiger partial charge is 0.506 e. The second-order valence-electron chi connectivity index (χ2n) is 6.33. The summed E-state index contributed by atoms with van der Waals surface area (Å²) < 4.78 is 0. The maximum atomic E-state index is 10.3. The molecule has 4 aromatic rings. The number of hydrogen-bond donors (Lipinski definition) is 2. The number of hydrogen-bond acceptors (Lipinski definition) is 6. The van der Waals surface area contributed by atoms with Gasteiger partial charge < -0.3 is 10.2 Å². The molecule has 6 nitrogen and oxygen atoms in total. The summed E-state index contributed by atoms with van der Waals surface area (Å²) in [6.45, 7) is 0. The molecule has 0 aliphatic heterocycles. The Morgan fingerprint density at radius 3 is 1.30 bits per heavy atom. The number of benzene rings is 2. The van der Waals surface area contributed by atoms with Crippen LogP contribution in [0.3, 0.4) is 0 Å². The highest BCUT2D eigenvalue weighted by Crippen LogP contribution is 2.29. The highest BCUT2D eigenvalue weighted by molar-refractivity contribution is 6.53. The molecule has 0 aliphatic carbocycles. The first-order valence-electron chi connectivity index (χ1n) is 9.29. The van der Waals surface area contributed by atoms with Gasteiger partial charge >= 0.3 is 0 Å². The highest BCUT2D eigenvalue weighted by atomic mass is 16.3. The van der Waals surface area contributed by atoms with Gasteiger partial charge in [-0.3, -0.25) is 9.97 Å².